The molecule has 23 heavy (non-hydrogen) atoms. The zero-order valence-electron chi connectivity index (χ0n) is 12.4. The second-order valence-corrected chi connectivity index (χ2v) is 5.69. The van der Waals surface area contributed by atoms with Crippen molar-refractivity contribution in [2.45, 2.75) is 11.8 Å². The number of aryl methyl sites for hydroxylation is 1. The van der Waals surface area contributed by atoms with E-state index in [1.54, 1.807) is 19.1 Å². The lowest BCUT2D eigenvalue weighted by molar-refractivity contribution is 0.0992. The minimum atomic E-state index is -1.08. The molecule has 0 saturated heterocycles. The van der Waals surface area contributed by atoms with Gasteiger partial charge in [0.05, 0.1) is 11.3 Å². The quantitative estimate of drug-likeness (QED) is 0.841. The number of carbonyl (C=O) groups is 2. The first-order valence-corrected chi connectivity index (χ1v) is 7.80. The minimum Gasteiger partial charge on any atom is -0.366 e. The summed E-state index contributed by atoms with van der Waals surface area (Å²) in [6.45, 7) is 1.74. The number of anilines is 1. The molecule has 0 radical (unpaired) electrons. The first-order chi connectivity index (χ1) is 10.8. The number of rotatable bonds is 4. The van der Waals surface area contributed by atoms with Gasteiger partial charge in [-0.15, -0.1) is 11.8 Å². The van der Waals surface area contributed by atoms with Gasteiger partial charge in [-0.25, -0.2) is 8.78 Å². The summed E-state index contributed by atoms with van der Waals surface area (Å²) in [5.41, 5.74) is 5.29. The van der Waals surface area contributed by atoms with E-state index >= 15 is 0 Å². The maximum atomic E-state index is 13.8. The van der Waals surface area contributed by atoms with E-state index in [4.69, 9.17) is 5.73 Å². The largest absolute Gasteiger partial charge is 0.366 e. The molecule has 4 nitrogen and oxygen atoms in total. The lowest BCUT2D eigenvalue weighted by atomic mass is 10.1. The van der Waals surface area contributed by atoms with E-state index in [1.807, 2.05) is 12.3 Å². The van der Waals surface area contributed by atoms with Gasteiger partial charge in [-0.05, 0) is 36.9 Å². The van der Waals surface area contributed by atoms with Crippen molar-refractivity contribution in [2.75, 3.05) is 11.6 Å². The van der Waals surface area contributed by atoms with E-state index in [0.29, 0.717) is 17.2 Å². The number of nitrogens with two attached hydrogens (primary N) is 1. The Morgan fingerprint density at radius 3 is 2.39 bits per heavy atom. The molecule has 3 N–H and O–H groups in total. The van der Waals surface area contributed by atoms with Gasteiger partial charge in [-0.3, -0.25) is 9.59 Å². The number of carbonyl (C=O) groups excluding carboxylic acids is 2. The number of hydrogen-bond acceptors (Lipinski definition) is 3. The van der Waals surface area contributed by atoms with Crippen molar-refractivity contribution in [2.24, 2.45) is 5.73 Å². The Balaban J connectivity index is 2.37. The molecule has 0 aliphatic heterocycles. The molecule has 0 atom stereocenters. The van der Waals surface area contributed by atoms with Crippen LogP contribution in [0.5, 0.6) is 0 Å². The summed E-state index contributed by atoms with van der Waals surface area (Å²) in [6.07, 6.45) is 1.87. The third kappa shape index (κ3) is 3.68. The first-order valence-electron chi connectivity index (χ1n) is 6.58. The monoisotopic (exact) mass is 336 g/mol. The normalized spacial score (nSPS) is 10.4. The van der Waals surface area contributed by atoms with Crippen LogP contribution in [0.3, 0.4) is 0 Å². The molecule has 2 amide bonds. The molecule has 0 fully saturated rings. The van der Waals surface area contributed by atoms with E-state index in [0.717, 1.165) is 11.0 Å². The molecule has 7 heteroatoms. The van der Waals surface area contributed by atoms with Crippen molar-refractivity contribution in [3.63, 3.8) is 0 Å². The highest BCUT2D eigenvalue weighted by atomic mass is 32.2. The van der Waals surface area contributed by atoms with Gasteiger partial charge in [0.1, 0.15) is 11.6 Å². The van der Waals surface area contributed by atoms with Crippen LogP contribution in [-0.4, -0.2) is 18.1 Å². The van der Waals surface area contributed by atoms with Crippen LogP contribution in [-0.2, 0) is 0 Å². The molecule has 0 aromatic heterocycles. The molecule has 0 aliphatic rings. The first kappa shape index (κ1) is 17.0. The molecule has 0 heterocycles. The molecule has 2 aromatic carbocycles. The number of nitrogens with one attached hydrogen (secondary N) is 1. The van der Waals surface area contributed by atoms with Gasteiger partial charge in [0.2, 0.25) is 0 Å². The van der Waals surface area contributed by atoms with Gasteiger partial charge in [0.15, 0.2) is 0 Å². The summed E-state index contributed by atoms with van der Waals surface area (Å²) < 4.78 is 27.3. The van der Waals surface area contributed by atoms with E-state index in [-0.39, 0.29) is 5.69 Å². The molecule has 2 rings (SSSR count). The lowest BCUT2D eigenvalue weighted by Crippen LogP contribution is -2.18. The Morgan fingerprint density at radius 1 is 1.09 bits per heavy atom. The van der Waals surface area contributed by atoms with Crippen LogP contribution in [0, 0.1) is 18.6 Å². The molecule has 0 saturated carbocycles. The summed E-state index contributed by atoms with van der Waals surface area (Å²) in [5.74, 6) is -3.66. The van der Waals surface area contributed by atoms with Gasteiger partial charge in [0.25, 0.3) is 11.8 Å². The number of amides is 2. The Labute approximate surface area is 136 Å². The zero-order chi connectivity index (χ0) is 17.1. The third-order valence-electron chi connectivity index (χ3n) is 3.26. The van der Waals surface area contributed by atoms with Crippen LogP contribution in [0.2, 0.25) is 0 Å². The number of primary amides is 1. The number of hydrogen-bond donors (Lipinski definition) is 2. The smallest absolute Gasteiger partial charge is 0.256 e. The molecule has 2 aromatic rings. The fraction of sp³-hybridized carbons (Fsp3) is 0.125. The molecular weight excluding hydrogens is 322 g/mol. The standard InChI is InChI=1S/C16H14F2N2O2S/c1-8-3-4-9(23-2)5-10(8)16(22)20-14-6-11(15(19)21)12(17)7-13(14)18/h3-7H,1-2H3,(H2,19,21)(H,20,22). The second kappa shape index (κ2) is 6.78. The van der Waals surface area contributed by atoms with E-state index in [2.05, 4.69) is 5.32 Å². The highest BCUT2D eigenvalue weighted by molar-refractivity contribution is 7.98. The zero-order valence-corrected chi connectivity index (χ0v) is 13.3. The maximum absolute atomic E-state index is 13.8. The van der Waals surface area contributed by atoms with Gasteiger partial charge < -0.3 is 11.1 Å². The van der Waals surface area contributed by atoms with Crippen LogP contribution in [0.1, 0.15) is 26.3 Å². The van der Waals surface area contributed by atoms with E-state index < -0.39 is 29.0 Å². The Morgan fingerprint density at radius 2 is 1.78 bits per heavy atom. The fourth-order valence-electron chi connectivity index (χ4n) is 2.00. The third-order valence-corrected chi connectivity index (χ3v) is 3.99. The van der Waals surface area contributed by atoms with Crippen LogP contribution in [0.25, 0.3) is 0 Å². The molecule has 0 aliphatic carbocycles. The van der Waals surface area contributed by atoms with Crippen LogP contribution >= 0.6 is 11.8 Å². The molecule has 0 unspecified atom stereocenters. The van der Waals surface area contributed by atoms with Crippen molar-refractivity contribution in [3.8, 4) is 0 Å². The molecular formula is C16H14F2N2O2S. The predicted octanol–water partition coefficient (Wildman–Crippen LogP) is 3.35. The van der Waals surface area contributed by atoms with Crippen molar-refractivity contribution in [1.82, 2.24) is 0 Å². The molecule has 0 bridgehead atoms. The summed E-state index contributed by atoms with van der Waals surface area (Å²) in [7, 11) is 0. The van der Waals surface area contributed by atoms with Crippen molar-refractivity contribution >= 4 is 29.3 Å². The summed E-state index contributed by atoms with van der Waals surface area (Å²) in [6, 6.07) is 6.71. The number of thioether (sulfide) groups is 1. The average molecular weight is 336 g/mol. The van der Waals surface area contributed by atoms with Crippen molar-refractivity contribution < 1.29 is 18.4 Å². The van der Waals surface area contributed by atoms with Gasteiger partial charge >= 0.3 is 0 Å². The van der Waals surface area contributed by atoms with Crippen LogP contribution < -0.4 is 11.1 Å². The van der Waals surface area contributed by atoms with Gasteiger partial charge in [-0.2, -0.15) is 0 Å². The van der Waals surface area contributed by atoms with Gasteiger partial charge in [-0.1, -0.05) is 6.07 Å². The number of halogens is 2. The molecule has 0 spiro atoms. The Bertz CT molecular complexity index is 794. The summed E-state index contributed by atoms with van der Waals surface area (Å²) in [4.78, 5) is 24.3. The highest BCUT2D eigenvalue weighted by Crippen LogP contribution is 2.23. The average Bonchev–Trinajstić information content (AvgIpc) is 2.50. The SMILES string of the molecule is CSc1ccc(C)c(C(=O)Nc2cc(C(N)=O)c(F)cc2F)c1. The lowest BCUT2D eigenvalue weighted by Gasteiger charge is -2.11. The van der Waals surface area contributed by atoms with Gasteiger partial charge in [0, 0.05) is 16.5 Å². The van der Waals surface area contributed by atoms with E-state index in [9.17, 15) is 18.4 Å². The minimum absolute atomic E-state index is 0.306. The maximum Gasteiger partial charge on any atom is 0.256 e. The van der Waals surface area contributed by atoms with Crippen molar-refractivity contribution in [1.29, 1.82) is 0 Å². The molecule has 120 valence electrons. The van der Waals surface area contributed by atoms with E-state index in [1.165, 1.54) is 11.8 Å². The van der Waals surface area contributed by atoms with Crippen LogP contribution in [0.15, 0.2) is 35.2 Å². The summed E-state index contributed by atoms with van der Waals surface area (Å²) >= 11 is 1.46. The second-order valence-electron chi connectivity index (χ2n) is 4.81. The summed E-state index contributed by atoms with van der Waals surface area (Å²) in [5, 5.41) is 2.34. The number of benzene rings is 2. The Hall–Kier alpha value is -2.41. The van der Waals surface area contributed by atoms with Crippen molar-refractivity contribution in [3.05, 3.63) is 58.7 Å². The highest BCUT2D eigenvalue weighted by Gasteiger charge is 2.17. The predicted molar refractivity (Wildman–Crippen MR) is 85.8 cm³/mol. The fourth-order valence-corrected chi connectivity index (χ4v) is 2.44. The Kier molecular flexibility index (Phi) is 5.00. The topological polar surface area (TPSA) is 72.2 Å². The van der Waals surface area contributed by atoms with Crippen LogP contribution in [0.4, 0.5) is 14.5 Å².